The quantitative estimate of drug-likeness (QED) is 0.374. The van der Waals surface area contributed by atoms with Crippen LogP contribution in [-0.2, 0) is 0 Å². The lowest BCUT2D eigenvalue weighted by atomic mass is 9.85. The second-order valence-corrected chi connectivity index (χ2v) is 8.91. The molecule has 2 heterocycles. The zero-order valence-electron chi connectivity index (χ0n) is 16.6. The molecule has 0 saturated heterocycles. The van der Waals surface area contributed by atoms with Crippen LogP contribution < -0.4 is 10.6 Å². The van der Waals surface area contributed by atoms with Crippen molar-refractivity contribution in [1.82, 2.24) is 15.3 Å². The number of nitrogens with one attached hydrogen (secondary N) is 3. The van der Waals surface area contributed by atoms with Gasteiger partial charge in [-0.05, 0) is 49.1 Å². The van der Waals surface area contributed by atoms with Crippen molar-refractivity contribution >= 4 is 33.4 Å². The van der Waals surface area contributed by atoms with Gasteiger partial charge in [-0.1, -0.05) is 48.9 Å². The first kappa shape index (κ1) is 18.9. The molecule has 0 aliphatic heterocycles. The number of benzene rings is 2. The molecular formula is C24H24N4OS. The van der Waals surface area contributed by atoms with Crippen LogP contribution in [0.3, 0.4) is 0 Å². The van der Waals surface area contributed by atoms with Crippen molar-refractivity contribution < 1.29 is 4.79 Å². The first-order chi connectivity index (χ1) is 14.7. The van der Waals surface area contributed by atoms with Gasteiger partial charge in [-0.25, -0.2) is 9.78 Å². The van der Waals surface area contributed by atoms with E-state index in [9.17, 15) is 4.79 Å². The van der Waals surface area contributed by atoms with E-state index in [1.807, 2.05) is 48.5 Å². The van der Waals surface area contributed by atoms with Gasteiger partial charge in [0.2, 0.25) is 0 Å². The van der Waals surface area contributed by atoms with Gasteiger partial charge < -0.3 is 10.3 Å². The van der Waals surface area contributed by atoms with Gasteiger partial charge in [0, 0.05) is 16.8 Å². The number of amides is 2. The average molecular weight is 417 g/mol. The molecule has 5 rings (SSSR count). The third-order valence-electron chi connectivity index (χ3n) is 5.70. The van der Waals surface area contributed by atoms with Gasteiger partial charge in [0.25, 0.3) is 0 Å². The van der Waals surface area contributed by atoms with E-state index in [0.717, 1.165) is 58.0 Å². The van der Waals surface area contributed by atoms with E-state index in [4.69, 9.17) is 4.98 Å². The van der Waals surface area contributed by atoms with E-state index < -0.39 is 0 Å². The molecule has 6 heteroatoms. The highest BCUT2D eigenvalue weighted by atomic mass is 32.1. The van der Waals surface area contributed by atoms with Gasteiger partial charge in [-0.3, -0.25) is 5.32 Å². The number of anilines is 1. The first-order valence-corrected chi connectivity index (χ1v) is 11.2. The SMILES string of the molecule is O=C(Nc1ccc(-c2ccccc2)s1)NC1CCCC(c2nc3ccccc3[nH]2)C1. The van der Waals surface area contributed by atoms with E-state index >= 15 is 0 Å². The third kappa shape index (κ3) is 4.09. The number of fused-ring (bicyclic) bond motifs is 1. The Morgan fingerprint density at radius 1 is 1.00 bits per heavy atom. The molecule has 0 radical (unpaired) electrons. The zero-order valence-corrected chi connectivity index (χ0v) is 17.4. The molecule has 3 N–H and O–H groups in total. The second kappa shape index (κ2) is 8.32. The number of carbonyl (C=O) groups excluding carboxylic acids is 1. The van der Waals surface area contributed by atoms with E-state index in [0.29, 0.717) is 5.92 Å². The summed E-state index contributed by atoms with van der Waals surface area (Å²) < 4.78 is 0. The maximum absolute atomic E-state index is 12.6. The number of para-hydroxylation sites is 2. The summed E-state index contributed by atoms with van der Waals surface area (Å²) in [7, 11) is 0. The molecule has 5 nitrogen and oxygen atoms in total. The minimum atomic E-state index is -0.133. The number of rotatable bonds is 4. The Morgan fingerprint density at radius 2 is 1.83 bits per heavy atom. The molecule has 1 aliphatic rings. The summed E-state index contributed by atoms with van der Waals surface area (Å²) in [4.78, 5) is 21.9. The summed E-state index contributed by atoms with van der Waals surface area (Å²) >= 11 is 1.59. The number of imidazole rings is 1. The summed E-state index contributed by atoms with van der Waals surface area (Å²) in [5.74, 6) is 1.39. The third-order valence-corrected chi connectivity index (χ3v) is 6.75. The van der Waals surface area contributed by atoms with Crippen molar-refractivity contribution in [2.24, 2.45) is 0 Å². The molecule has 30 heavy (non-hydrogen) atoms. The van der Waals surface area contributed by atoms with Crippen molar-refractivity contribution in [2.45, 2.75) is 37.6 Å². The lowest BCUT2D eigenvalue weighted by Gasteiger charge is -2.28. The fraction of sp³-hybridized carbons (Fsp3) is 0.250. The lowest BCUT2D eigenvalue weighted by molar-refractivity contribution is 0.242. The summed E-state index contributed by atoms with van der Waals surface area (Å²) in [5.41, 5.74) is 3.25. The van der Waals surface area contributed by atoms with Crippen molar-refractivity contribution in [3.8, 4) is 10.4 Å². The van der Waals surface area contributed by atoms with Crippen molar-refractivity contribution in [2.75, 3.05) is 5.32 Å². The molecule has 1 fully saturated rings. The Labute approximate surface area is 179 Å². The summed E-state index contributed by atoms with van der Waals surface area (Å²) in [6.45, 7) is 0. The van der Waals surface area contributed by atoms with Crippen LogP contribution in [0.4, 0.5) is 9.80 Å². The Hall–Kier alpha value is -3.12. The molecule has 1 aliphatic carbocycles. The summed E-state index contributed by atoms with van der Waals surface area (Å²) in [5, 5.41) is 7.02. The summed E-state index contributed by atoms with van der Waals surface area (Å²) in [6.07, 6.45) is 4.10. The Balaban J connectivity index is 1.20. The van der Waals surface area contributed by atoms with Gasteiger partial charge in [-0.15, -0.1) is 11.3 Å². The van der Waals surface area contributed by atoms with Gasteiger partial charge in [0.1, 0.15) is 5.82 Å². The molecule has 152 valence electrons. The molecule has 2 amide bonds. The molecule has 1 saturated carbocycles. The number of aromatic nitrogens is 2. The average Bonchev–Trinajstić information content (AvgIpc) is 3.41. The van der Waals surface area contributed by atoms with E-state index in [-0.39, 0.29) is 12.1 Å². The van der Waals surface area contributed by atoms with Crippen LogP contribution in [0.1, 0.15) is 37.4 Å². The molecule has 2 aromatic heterocycles. The Morgan fingerprint density at radius 3 is 2.70 bits per heavy atom. The highest BCUT2D eigenvalue weighted by molar-refractivity contribution is 7.19. The van der Waals surface area contributed by atoms with Gasteiger partial charge in [0.15, 0.2) is 0 Å². The predicted octanol–water partition coefficient (Wildman–Crippen LogP) is 6.14. The number of aromatic amines is 1. The standard InChI is InChI=1S/C24H24N4OS/c29-24(28-22-14-13-21(30-22)16-7-2-1-3-8-16)25-18-10-6-9-17(15-18)23-26-19-11-4-5-12-20(19)27-23/h1-5,7-8,11-14,17-18H,6,9-10,15H2,(H,26,27)(H2,25,28,29). The van der Waals surface area contributed by atoms with Crippen LogP contribution in [0.5, 0.6) is 0 Å². The van der Waals surface area contributed by atoms with Gasteiger partial charge in [0.05, 0.1) is 16.0 Å². The summed E-state index contributed by atoms with van der Waals surface area (Å²) in [6, 6.07) is 22.4. The number of thiophene rings is 1. The minimum Gasteiger partial charge on any atom is -0.342 e. The first-order valence-electron chi connectivity index (χ1n) is 10.4. The predicted molar refractivity (Wildman–Crippen MR) is 123 cm³/mol. The monoisotopic (exact) mass is 416 g/mol. The number of nitrogens with zero attached hydrogens (tertiary/aromatic N) is 1. The number of hydrogen-bond donors (Lipinski definition) is 3. The maximum Gasteiger partial charge on any atom is 0.320 e. The van der Waals surface area contributed by atoms with Crippen LogP contribution in [0, 0.1) is 0 Å². The van der Waals surface area contributed by atoms with Gasteiger partial charge >= 0.3 is 6.03 Å². The van der Waals surface area contributed by atoms with Crippen LogP contribution in [0.15, 0.2) is 66.7 Å². The highest BCUT2D eigenvalue weighted by Gasteiger charge is 2.26. The normalized spacial score (nSPS) is 18.9. The molecule has 0 bridgehead atoms. The maximum atomic E-state index is 12.6. The number of hydrogen-bond acceptors (Lipinski definition) is 3. The lowest BCUT2D eigenvalue weighted by Crippen LogP contribution is -2.40. The fourth-order valence-corrected chi connectivity index (χ4v) is 5.14. The largest absolute Gasteiger partial charge is 0.342 e. The van der Waals surface area contributed by atoms with Crippen LogP contribution >= 0.6 is 11.3 Å². The molecule has 2 aromatic carbocycles. The van der Waals surface area contributed by atoms with Crippen molar-refractivity contribution in [1.29, 1.82) is 0 Å². The Bertz CT molecular complexity index is 1120. The Kier molecular flexibility index (Phi) is 5.24. The topological polar surface area (TPSA) is 69.8 Å². The van der Waals surface area contributed by atoms with Crippen molar-refractivity contribution in [3.05, 3.63) is 72.6 Å². The molecule has 4 aromatic rings. The van der Waals surface area contributed by atoms with E-state index in [1.54, 1.807) is 11.3 Å². The number of H-pyrrole nitrogens is 1. The van der Waals surface area contributed by atoms with E-state index in [1.165, 1.54) is 0 Å². The molecule has 2 unspecified atom stereocenters. The smallest absolute Gasteiger partial charge is 0.320 e. The zero-order chi connectivity index (χ0) is 20.3. The van der Waals surface area contributed by atoms with Crippen molar-refractivity contribution in [3.63, 3.8) is 0 Å². The van der Waals surface area contributed by atoms with Crippen LogP contribution in [-0.4, -0.2) is 22.0 Å². The molecular weight excluding hydrogens is 392 g/mol. The van der Waals surface area contributed by atoms with Crippen LogP contribution in [0.25, 0.3) is 21.5 Å². The van der Waals surface area contributed by atoms with E-state index in [2.05, 4.69) is 33.8 Å². The fourth-order valence-electron chi connectivity index (χ4n) is 4.23. The second-order valence-electron chi connectivity index (χ2n) is 7.83. The molecule has 0 spiro atoms. The number of urea groups is 1. The van der Waals surface area contributed by atoms with Crippen LogP contribution in [0.2, 0.25) is 0 Å². The van der Waals surface area contributed by atoms with Gasteiger partial charge in [-0.2, -0.15) is 0 Å². The number of carbonyl (C=O) groups is 1. The highest BCUT2D eigenvalue weighted by Crippen LogP contribution is 2.33. The minimum absolute atomic E-state index is 0.133. The molecule has 2 atom stereocenters.